The maximum Gasteiger partial charge on any atom is 0.330 e. The first-order chi connectivity index (χ1) is 8.81. The van der Waals surface area contributed by atoms with Crippen molar-refractivity contribution in [3.63, 3.8) is 0 Å². The van der Waals surface area contributed by atoms with Gasteiger partial charge in [-0.2, -0.15) is 0 Å². The molecule has 2 atom stereocenters. The largest absolute Gasteiger partial charge is 0.463 e. The van der Waals surface area contributed by atoms with Crippen LogP contribution in [0.15, 0.2) is 12.2 Å². The van der Waals surface area contributed by atoms with Gasteiger partial charge in [0.1, 0.15) is 0 Å². The zero-order valence-corrected chi connectivity index (χ0v) is 11.2. The van der Waals surface area contributed by atoms with E-state index in [-0.39, 0.29) is 5.97 Å². The van der Waals surface area contributed by atoms with Gasteiger partial charge in [-0.15, -0.1) is 0 Å². The molecule has 2 unspecified atom stereocenters. The molecule has 18 heavy (non-hydrogen) atoms. The molecule has 2 heterocycles. The molecule has 0 amide bonds. The van der Waals surface area contributed by atoms with Gasteiger partial charge in [0, 0.05) is 24.7 Å². The van der Waals surface area contributed by atoms with Crippen molar-refractivity contribution < 1.29 is 9.53 Å². The predicted molar refractivity (Wildman–Crippen MR) is 71.4 cm³/mol. The molecule has 4 heteroatoms. The molecule has 1 N–H and O–H groups in total. The van der Waals surface area contributed by atoms with E-state index in [0.29, 0.717) is 18.7 Å². The van der Waals surface area contributed by atoms with Crippen LogP contribution in [0.1, 0.15) is 32.6 Å². The molecular formula is C14H24N2O2. The smallest absolute Gasteiger partial charge is 0.330 e. The molecule has 2 rings (SSSR count). The van der Waals surface area contributed by atoms with Gasteiger partial charge < -0.3 is 10.1 Å². The second-order valence-electron chi connectivity index (χ2n) is 5.06. The maximum absolute atomic E-state index is 11.2. The summed E-state index contributed by atoms with van der Waals surface area (Å²) < 4.78 is 4.88. The van der Waals surface area contributed by atoms with Gasteiger partial charge in [0.2, 0.25) is 0 Å². The molecule has 102 valence electrons. The molecule has 0 saturated carbocycles. The average Bonchev–Trinajstić information content (AvgIpc) is 2.98. The molecule has 2 fully saturated rings. The minimum absolute atomic E-state index is 0.229. The van der Waals surface area contributed by atoms with Crippen LogP contribution in [0.4, 0.5) is 0 Å². The minimum Gasteiger partial charge on any atom is -0.463 e. The highest BCUT2D eigenvalue weighted by Crippen LogP contribution is 2.24. The molecule has 0 aliphatic carbocycles. The third-order valence-corrected chi connectivity index (χ3v) is 3.86. The summed E-state index contributed by atoms with van der Waals surface area (Å²) in [4.78, 5) is 13.7. The number of esters is 1. The van der Waals surface area contributed by atoms with Crippen molar-refractivity contribution in [2.75, 3.05) is 26.2 Å². The van der Waals surface area contributed by atoms with E-state index in [9.17, 15) is 4.79 Å². The average molecular weight is 252 g/mol. The van der Waals surface area contributed by atoms with Gasteiger partial charge in [0.25, 0.3) is 0 Å². The SMILES string of the molecule is CCOC(=O)/C=C/CN1CCCC1C1CCCN1. The molecule has 2 aliphatic heterocycles. The van der Waals surface area contributed by atoms with E-state index in [4.69, 9.17) is 4.74 Å². The Morgan fingerprint density at radius 3 is 3.06 bits per heavy atom. The lowest BCUT2D eigenvalue weighted by atomic mass is 10.0. The Morgan fingerprint density at radius 1 is 1.44 bits per heavy atom. The van der Waals surface area contributed by atoms with Crippen molar-refractivity contribution >= 4 is 5.97 Å². The van der Waals surface area contributed by atoms with Gasteiger partial charge in [-0.3, -0.25) is 4.90 Å². The molecule has 2 aliphatic rings. The standard InChI is InChI=1S/C14H24N2O2/c1-2-18-14(17)8-5-11-16-10-4-7-13(16)12-6-3-9-15-12/h5,8,12-13,15H,2-4,6-7,9-11H2,1H3/b8-5+. The second-order valence-corrected chi connectivity index (χ2v) is 5.06. The maximum atomic E-state index is 11.2. The number of hydrogen-bond donors (Lipinski definition) is 1. The van der Waals surface area contributed by atoms with Gasteiger partial charge in [-0.05, 0) is 45.7 Å². The van der Waals surface area contributed by atoms with E-state index in [2.05, 4.69) is 10.2 Å². The number of likely N-dealkylation sites (tertiary alicyclic amines) is 1. The van der Waals surface area contributed by atoms with Crippen LogP contribution >= 0.6 is 0 Å². The zero-order chi connectivity index (χ0) is 12.8. The van der Waals surface area contributed by atoms with Gasteiger partial charge >= 0.3 is 5.97 Å². The molecule has 0 spiro atoms. The highest BCUT2D eigenvalue weighted by molar-refractivity contribution is 5.81. The molecule has 0 radical (unpaired) electrons. The van der Waals surface area contributed by atoms with Crippen LogP contribution in [-0.4, -0.2) is 49.2 Å². The number of ether oxygens (including phenoxy) is 1. The number of nitrogens with one attached hydrogen (secondary N) is 1. The summed E-state index contributed by atoms with van der Waals surface area (Å²) in [6.45, 7) is 5.45. The van der Waals surface area contributed by atoms with E-state index in [1.165, 1.54) is 25.7 Å². The fraction of sp³-hybridized carbons (Fsp3) is 0.786. The van der Waals surface area contributed by atoms with Crippen LogP contribution < -0.4 is 5.32 Å². The van der Waals surface area contributed by atoms with Crippen molar-refractivity contribution in [1.29, 1.82) is 0 Å². The predicted octanol–water partition coefficient (Wildman–Crippen LogP) is 1.32. The number of hydrogen-bond acceptors (Lipinski definition) is 4. The summed E-state index contributed by atoms with van der Waals surface area (Å²) in [6.07, 6.45) is 8.64. The lowest BCUT2D eigenvalue weighted by Gasteiger charge is -2.28. The van der Waals surface area contributed by atoms with Crippen LogP contribution in [0.3, 0.4) is 0 Å². The molecule has 0 aromatic rings. The Labute approximate surface area is 109 Å². The normalized spacial score (nSPS) is 29.2. The second kappa shape index (κ2) is 6.90. The van der Waals surface area contributed by atoms with Gasteiger partial charge in [0.15, 0.2) is 0 Å². The van der Waals surface area contributed by atoms with Crippen LogP contribution in [-0.2, 0) is 9.53 Å². The van der Waals surface area contributed by atoms with Crippen LogP contribution in [0.25, 0.3) is 0 Å². The van der Waals surface area contributed by atoms with Crippen molar-refractivity contribution in [3.8, 4) is 0 Å². The fourth-order valence-electron chi connectivity index (χ4n) is 3.05. The summed E-state index contributed by atoms with van der Waals surface area (Å²) >= 11 is 0. The third kappa shape index (κ3) is 3.56. The first-order valence-electron chi connectivity index (χ1n) is 7.12. The number of carbonyl (C=O) groups excluding carboxylic acids is 1. The highest BCUT2D eigenvalue weighted by Gasteiger charge is 2.32. The molecule has 0 aromatic carbocycles. The number of nitrogens with zero attached hydrogens (tertiary/aromatic N) is 1. The van der Waals surface area contributed by atoms with Crippen molar-refractivity contribution in [3.05, 3.63) is 12.2 Å². The molecule has 2 saturated heterocycles. The lowest BCUT2D eigenvalue weighted by Crippen LogP contribution is -2.43. The monoisotopic (exact) mass is 252 g/mol. The summed E-state index contributed by atoms with van der Waals surface area (Å²) in [7, 11) is 0. The van der Waals surface area contributed by atoms with Crippen molar-refractivity contribution in [2.45, 2.75) is 44.7 Å². The quantitative estimate of drug-likeness (QED) is 0.592. The first-order valence-corrected chi connectivity index (χ1v) is 7.12. The third-order valence-electron chi connectivity index (χ3n) is 3.86. The van der Waals surface area contributed by atoms with Crippen LogP contribution in [0.2, 0.25) is 0 Å². The van der Waals surface area contributed by atoms with Crippen LogP contribution in [0.5, 0.6) is 0 Å². The highest BCUT2D eigenvalue weighted by atomic mass is 16.5. The van der Waals surface area contributed by atoms with E-state index >= 15 is 0 Å². The summed E-state index contributed by atoms with van der Waals surface area (Å²) in [6, 6.07) is 1.31. The van der Waals surface area contributed by atoms with E-state index < -0.39 is 0 Å². The molecular weight excluding hydrogens is 228 g/mol. The molecule has 0 aromatic heterocycles. The lowest BCUT2D eigenvalue weighted by molar-refractivity contribution is -0.137. The van der Waals surface area contributed by atoms with Gasteiger partial charge in [-0.1, -0.05) is 6.08 Å². The van der Waals surface area contributed by atoms with Gasteiger partial charge in [-0.25, -0.2) is 4.79 Å². The van der Waals surface area contributed by atoms with Gasteiger partial charge in [0.05, 0.1) is 6.61 Å². The van der Waals surface area contributed by atoms with E-state index in [1.54, 1.807) is 6.08 Å². The van der Waals surface area contributed by atoms with Crippen molar-refractivity contribution in [2.24, 2.45) is 0 Å². The van der Waals surface area contributed by atoms with E-state index in [1.807, 2.05) is 13.0 Å². The Hall–Kier alpha value is -0.870. The topological polar surface area (TPSA) is 41.6 Å². The molecule has 0 bridgehead atoms. The van der Waals surface area contributed by atoms with E-state index in [0.717, 1.165) is 19.6 Å². The Bertz CT molecular complexity index is 298. The Balaban J connectivity index is 1.78. The minimum atomic E-state index is -0.229. The zero-order valence-electron chi connectivity index (χ0n) is 11.2. The first kappa shape index (κ1) is 13.6. The Morgan fingerprint density at radius 2 is 2.33 bits per heavy atom. The summed E-state index contributed by atoms with van der Waals surface area (Å²) in [5.74, 6) is -0.229. The Kier molecular flexibility index (Phi) is 5.20. The van der Waals surface area contributed by atoms with Crippen LogP contribution in [0, 0.1) is 0 Å². The number of carbonyl (C=O) groups is 1. The fourth-order valence-corrected chi connectivity index (χ4v) is 3.05. The molecule has 4 nitrogen and oxygen atoms in total. The number of rotatable bonds is 5. The summed E-state index contributed by atoms with van der Waals surface area (Å²) in [5, 5.41) is 3.59. The van der Waals surface area contributed by atoms with Crippen molar-refractivity contribution in [1.82, 2.24) is 10.2 Å². The summed E-state index contributed by atoms with van der Waals surface area (Å²) in [5.41, 5.74) is 0.